The van der Waals surface area contributed by atoms with E-state index in [2.05, 4.69) is 12.1 Å². The molecule has 0 spiro atoms. The molecule has 1 rings (SSSR count). The second-order valence-electron chi connectivity index (χ2n) is 3.70. The van der Waals surface area contributed by atoms with Crippen molar-refractivity contribution < 1.29 is 4.74 Å². The fourth-order valence-electron chi connectivity index (χ4n) is 1.30. The van der Waals surface area contributed by atoms with Crippen LogP contribution in [0.2, 0.25) is 0 Å². The molecule has 1 aromatic carbocycles. The molecule has 16 heavy (non-hydrogen) atoms. The Morgan fingerprint density at radius 2 is 2.06 bits per heavy atom. The molecule has 1 aromatic rings. The van der Waals surface area contributed by atoms with Crippen LogP contribution in [0.25, 0.3) is 0 Å². The Morgan fingerprint density at radius 3 is 2.62 bits per heavy atom. The van der Waals surface area contributed by atoms with Crippen molar-refractivity contribution in [3.05, 3.63) is 35.9 Å². The number of nitrogens with zero attached hydrogens (tertiary/aromatic N) is 1. The first-order valence-corrected chi connectivity index (χ1v) is 5.33. The highest BCUT2D eigenvalue weighted by atomic mass is 16.5. The van der Waals surface area contributed by atoms with Crippen molar-refractivity contribution in [3.8, 4) is 0 Å². The highest BCUT2D eigenvalue weighted by molar-refractivity contribution is 5.74. The minimum absolute atomic E-state index is 0.0206. The number of guanidine groups is 1. The van der Waals surface area contributed by atoms with Crippen LogP contribution in [0.15, 0.2) is 30.3 Å². The minimum Gasteiger partial charge on any atom is -0.370 e. The van der Waals surface area contributed by atoms with Crippen molar-refractivity contribution in [3.63, 3.8) is 0 Å². The highest BCUT2D eigenvalue weighted by Gasteiger charge is 2.09. The number of hydrogen-bond acceptors (Lipinski definition) is 2. The van der Waals surface area contributed by atoms with Crippen LogP contribution in [-0.2, 0) is 11.2 Å². The zero-order valence-electron chi connectivity index (χ0n) is 9.81. The van der Waals surface area contributed by atoms with Gasteiger partial charge in [0.05, 0.1) is 6.61 Å². The van der Waals surface area contributed by atoms with Crippen LogP contribution in [0, 0.1) is 5.41 Å². The van der Waals surface area contributed by atoms with E-state index in [0.717, 1.165) is 6.42 Å². The smallest absolute Gasteiger partial charge is 0.190 e. The molecule has 1 unspecified atom stereocenters. The van der Waals surface area contributed by atoms with E-state index in [9.17, 15) is 0 Å². The topological polar surface area (TPSA) is 62.3 Å². The van der Waals surface area contributed by atoms with Crippen molar-refractivity contribution >= 4 is 5.96 Å². The first-order valence-electron chi connectivity index (χ1n) is 5.33. The lowest BCUT2D eigenvalue weighted by Crippen LogP contribution is -2.41. The summed E-state index contributed by atoms with van der Waals surface area (Å²) in [6.07, 6.45) is 0.706. The quantitative estimate of drug-likeness (QED) is 0.449. The fraction of sp³-hybridized carbons (Fsp3) is 0.417. The Morgan fingerprint density at radius 1 is 1.44 bits per heavy atom. The average molecular weight is 221 g/mol. The molecule has 4 nitrogen and oxygen atoms in total. The molecule has 0 aliphatic heterocycles. The predicted octanol–water partition coefficient (Wildman–Crippen LogP) is 1.42. The second-order valence-corrected chi connectivity index (χ2v) is 3.70. The van der Waals surface area contributed by atoms with Gasteiger partial charge in [-0.25, -0.2) is 0 Å². The van der Waals surface area contributed by atoms with Crippen LogP contribution in [0.4, 0.5) is 0 Å². The molecule has 0 aromatic heterocycles. The lowest BCUT2D eigenvalue weighted by atomic mass is 10.2. The van der Waals surface area contributed by atoms with Crippen LogP contribution >= 0.6 is 0 Å². The summed E-state index contributed by atoms with van der Waals surface area (Å²) in [6.45, 7) is 2.51. The minimum atomic E-state index is -0.166. The van der Waals surface area contributed by atoms with Crippen molar-refractivity contribution in [1.82, 2.24) is 4.90 Å². The summed E-state index contributed by atoms with van der Waals surface area (Å²) >= 11 is 0. The van der Waals surface area contributed by atoms with Crippen LogP contribution in [-0.4, -0.2) is 30.7 Å². The number of hydrogen-bond donors (Lipinski definition) is 2. The lowest BCUT2D eigenvalue weighted by Gasteiger charge is -2.24. The first kappa shape index (κ1) is 12.5. The van der Waals surface area contributed by atoms with E-state index in [-0.39, 0.29) is 12.2 Å². The molecular formula is C12H19N3O. The molecular weight excluding hydrogens is 202 g/mol. The molecule has 1 atom stereocenters. The van der Waals surface area contributed by atoms with Gasteiger partial charge in [0.1, 0.15) is 6.23 Å². The largest absolute Gasteiger partial charge is 0.370 e. The molecule has 4 heteroatoms. The number of rotatable bonds is 5. The van der Waals surface area contributed by atoms with Crippen LogP contribution in [0.3, 0.4) is 0 Å². The van der Waals surface area contributed by atoms with E-state index < -0.39 is 0 Å². The van der Waals surface area contributed by atoms with Crippen molar-refractivity contribution in [2.75, 3.05) is 13.7 Å². The van der Waals surface area contributed by atoms with E-state index in [1.54, 1.807) is 11.9 Å². The third-order valence-electron chi connectivity index (χ3n) is 2.52. The van der Waals surface area contributed by atoms with Gasteiger partial charge in [-0.05, 0) is 18.9 Å². The summed E-state index contributed by atoms with van der Waals surface area (Å²) in [7, 11) is 1.75. The van der Waals surface area contributed by atoms with E-state index >= 15 is 0 Å². The molecule has 0 aliphatic carbocycles. The van der Waals surface area contributed by atoms with Gasteiger partial charge in [-0.2, -0.15) is 0 Å². The van der Waals surface area contributed by atoms with E-state index in [1.165, 1.54) is 5.56 Å². The molecule has 0 radical (unpaired) electrons. The molecule has 0 fully saturated rings. The average Bonchev–Trinajstić information content (AvgIpc) is 2.29. The van der Waals surface area contributed by atoms with Crippen molar-refractivity contribution in [2.24, 2.45) is 5.73 Å². The summed E-state index contributed by atoms with van der Waals surface area (Å²) in [5.74, 6) is 0.0206. The van der Waals surface area contributed by atoms with E-state index in [0.29, 0.717) is 6.61 Å². The SMILES string of the molecule is CC(OCCc1ccccc1)N(C)C(=N)N. The van der Waals surface area contributed by atoms with Crippen LogP contribution < -0.4 is 5.73 Å². The van der Waals surface area contributed by atoms with Crippen molar-refractivity contribution in [2.45, 2.75) is 19.6 Å². The number of ether oxygens (including phenoxy) is 1. The molecule has 0 amide bonds. The number of nitrogens with two attached hydrogens (primary N) is 1. The Hall–Kier alpha value is -1.55. The Kier molecular flexibility index (Phi) is 4.79. The highest BCUT2D eigenvalue weighted by Crippen LogP contribution is 2.02. The molecule has 0 aliphatic rings. The standard InChI is InChI=1S/C12H19N3O/c1-10(15(2)12(13)14)16-9-8-11-6-4-3-5-7-11/h3-7,10H,8-9H2,1-2H3,(H3,13,14). The van der Waals surface area contributed by atoms with Crippen LogP contribution in [0.5, 0.6) is 0 Å². The van der Waals surface area contributed by atoms with Gasteiger partial charge >= 0.3 is 0 Å². The summed E-state index contributed by atoms with van der Waals surface area (Å²) in [6, 6.07) is 10.2. The molecule has 0 saturated heterocycles. The third-order valence-corrected chi connectivity index (χ3v) is 2.52. The second kappa shape index (κ2) is 6.12. The molecule has 88 valence electrons. The Bertz CT molecular complexity index is 326. The summed E-state index contributed by atoms with van der Waals surface area (Å²) in [5.41, 5.74) is 6.60. The van der Waals surface area contributed by atoms with Gasteiger partial charge in [0.2, 0.25) is 0 Å². The van der Waals surface area contributed by atoms with Gasteiger partial charge in [-0.1, -0.05) is 30.3 Å². The van der Waals surface area contributed by atoms with Gasteiger partial charge in [0.15, 0.2) is 5.96 Å². The summed E-state index contributed by atoms with van der Waals surface area (Å²) in [4.78, 5) is 1.59. The fourth-order valence-corrected chi connectivity index (χ4v) is 1.30. The lowest BCUT2D eigenvalue weighted by molar-refractivity contribution is -0.00220. The van der Waals surface area contributed by atoms with Gasteiger partial charge < -0.3 is 15.4 Å². The maximum absolute atomic E-state index is 7.25. The maximum Gasteiger partial charge on any atom is 0.190 e. The summed E-state index contributed by atoms with van der Waals surface area (Å²) < 4.78 is 5.57. The number of nitrogens with one attached hydrogen (secondary N) is 1. The predicted molar refractivity (Wildman–Crippen MR) is 65.2 cm³/mol. The zero-order valence-corrected chi connectivity index (χ0v) is 9.81. The van der Waals surface area contributed by atoms with Gasteiger partial charge in [-0.3, -0.25) is 5.41 Å². The molecule has 0 saturated carbocycles. The molecule has 0 heterocycles. The van der Waals surface area contributed by atoms with E-state index in [4.69, 9.17) is 15.9 Å². The monoisotopic (exact) mass is 221 g/mol. The van der Waals surface area contributed by atoms with Gasteiger partial charge in [-0.15, -0.1) is 0 Å². The Labute approximate surface area is 96.5 Å². The molecule has 3 N–H and O–H groups in total. The molecule has 0 bridgehead atoms. The zero-order chi connectivity index (χ0) is 12.0. The van der Waals surface area contributed by atoms with Crippen molar-refractivity contribution in [1.29, 1.82) is 5.41 Å². The number of benzene rings is 1. The third kappa shape index (κ3) is 3.90. The maximum atomic E-state index is 7.25. The van der Waals surface area contributed by atoms with Crippen LogP contribution in [0.1, 0.15) is 12.5 Å². The van der Waals surface area contributed by atoms with E-state index in [1.807, 2.05) is 25.1 Å². The normalized spacial score (nSPS) is 12.1. The van der Waals surface area contributed by atoms with Gasteiger partial charge in [0, 0.05) is 7.05 Å². The van der Waals surface area contributed by atoms with Gasteiger partial charge in [0.25, 0.3) is 0 Å². The first-order chi connectivity index (χ1) is 7.61. The summed E-state index contributed by atoms with van der Waals surface area (Å²) in [5, 5.41) is 7.25. The Balaban J connectivity index is 2.28.